The van der Waals surface area contributed by atoms with Crippen LogP contribution in [0.4, 0.5) is 0 Å². The molecule has 2 heterocycles. The van der Waals surface area contributed by atoms with Crippen molar-refractivity contribution in [2.24, 2.45) is 0 Å². The fraction of sp³-hybridized carbons (Fsp3) is 0.542. The molecule has 1 saturated heterocycles. The molecule has 2 aromatic rings. The smallest absolute Gasteiger partial charge is 0.303 e. The van der Waals surface area contributed by atoms with Gasteiger partial charge >= 0.3 is 17.9 Å². The summed E-state index contributed by atoms with van der Waals surface area (Å²) in [5, 5.41) is 19.4. The highest BCUT2D eigenvalue weighted by atomic mass is 35.5. The molecule has 0 spiro atoms. The summed E-state index contributed by atoms with van der Waals surface area (Å²) in [6.45, 7) is 5.36. The molecular formula is C24H29Cl2N3O8S. The van der Waals surface area contributed by atoms with Crippen molar-refractivity contribution in [3.8, 4) is 0 Å². The number of aliphatic hydroxyl groups is 1. The first kappa shape index (κ1) is 30.2. The minimum absolute atomic E-state index is 0.255. The molecule has 38 heavy (non-hydrogen) atoms. The van der Waals surface area contributed by atoms with Gasteiger partial charge in [0.15, 0.2) is 12.2 Å². The van der Waals surface area contributed by atoms with Crippen molar-refractivity contribution in [2.75, 3.05) is 6.61 Å². The van der Waals surface area contributed by atoms with Crippen LogP contribution in [0.5, 0.6) is 0 Å². The zero-order chi connectivity index (χ0) is 28.0. The zero-order valence-corrected chi connectivity index (χ0v) is 23.5. The largest absolute Gasteiger partial charge is 0.463 e. The van der Waals surface area contributed by atoms with E-state index >= 15 is 0 Å². The van der Waals surface area contributed by atoms with Crippen LogP contribution in [0.15, 0.2) is 29.3 Å². The summed E-state index contributed by atoms with van der Waals surface area (Å²) in [6, 6.07) is 4.01. The zero-order valence-electron chi connectivity index (χ0n) is 21.2. The number of benzene rings is 1. The Bertz CT molecular complexity index is 1150. The molecule has 6 atom stereocenters. The van der Waals surface area contributed by atoms with Gasteiger partial charge in [0.2, 0.25) is 0 Å². The van der Waals surface area contributed by atoms with Crippen molar-refractivity contribution in [2.45, 2.75) is 81.3 Å². The highest BCUT2D eigenvalue weighted by Gasteiger charge is 2.52. The van der Waals surface area contributed by atoms with Gasteiger partial charge in [-0.2, -0.15) is 0 Å². The first-order valence-corrected chi connectivity index (χ1v) is 13.5. The Kier molecular flexibility index (Phi) is 10.8. The van der Waals surface area contributed by atoms with Gasteiger partial charge in [-0.25, -0.2) is 4.68 Å². The van der Waals surface area contributed by atoms with Crippen molar-refractivity contribution < 1.29 is 38.4 Å². The first-order chi connectivity index (χ1) is 18.0. The van der Waals surface area contributed by atoms with Crippen LogP contribution < -0.4 is 0 Å². The second-order valence-electron chi connectivity index (χ2n) is 8.61. The molecule has 1 aromatic heterocycles. The van der Waals surface area contributed by atoms with Crippen LogP contribution in [0.2, 0.25) is 10.0 Å². The lowest BCUT2D eigenvalue weighted by molar-refractivity contribution is -0.212. The molecule has 1 aromatic carbocycles. The number of esters is 3. The van der Waals surface area contributed by atoms with E-state index in [4.69, 9.17) is 42.1 Å². The van der Waals surface area contributed by atoms with E-state index in [9.17, 15) is 19.5 Å². The lowest BCUT2D eigenvalue weighted by Crippen LogP contribution is -2.57. The molecule has 0 aliphatic carbocycles. The lowest BCUT2D eigenvalue weighted by atomic mass is 9.96. The van der Waals surface area contributed by atoms with Crippen LogP contribution in [0, 0.1) is 0 Å². The minimum atomic E-state index is -1.10. The summed E-state index contributed by atoms with van der Waals surface area (Å²) in [7, 11) is 0. The number of carbonyl (C=O) groups excluding carboxylic acids is 3. The van der Waals surface area contributed by atoms with Crippen LogP contribution in [-0.4, -0.2) is 68.4 Å². The Morgan fingerprint density at radius 2 is 1.79 bits per heavy atom. The SMILES string of the molecule is CCCC(O)c1cn([C@@H]2C(OC(C)=O)[C@@H](Sc3ccc(Cl)c(Cl)c3)OC(COC(C)=O)[C@@H]2OC(C)=O)nn1. The Labute approximate surface area is 234 Å². The number of nitrogens with zero attached hydrogens (tertiary/aromatic N) is 3. The van der Waals surface area contributed by atoms with Gasteiger partial charge in [0.05, 0.1) is 22.3 Å². The molecule has 3 unspecified atom stereocenters. The van der Waals surface area contributed by atoms with Gasteiger partial charge < -0.3 is 24.1 Å². The highest BCUT2D eigenvalue weighted by Crippen LogP contribution is 2.42. The van der Waals surface area contributed by atoms with E-state index < -0.39 is 53.8 Å². The number of hydrogen-bond acceptors (Lipinski definition) is 11. The summed E-state index contributed by atoms with van der Waals surface area (Å²) in [6.07, 6.45) is -1.31. The van der Waals surface area contributed by atoms with Gasteiger partial charge in [-0.15, -0.1) is 5.10 Å². The molecule has 1 aliphatic heterocycles. The molecule has 3 rings (SSSR count). The van der Waals surface area contributed by atoms with Crippen molar-refractivity contribution in [1.29, 1.82) is 0 Å². The summed E-state index contributed by atoms with van der Waals surface area (Å²) in [5.74, 6) is -1.82. The Balaban J connectivity index is 2.09. The van der Waals surface area contributed by atoms with Gasteiger partial charge in [0.1, 0.15) is 29.9 Å². The summed E-state index contributed by atoms with van der Waals surface area (Å²) in [4.78, 5) is 36.6. The fourth-order valence-electron chi connectivity index (χ4n) is 3.97. The van der Waals surface area contributed by atoms with Crippen molar-refractivity contribution >= 4 is 52.9 Å². The third-order valence-corrected chi connectivity index (χ3v) is 7.43. The van der Waals surface area contributed by atoms with Crippen LogP contribution in [0.1, 0.15) is 58.4 Å². The molecule has 14 heteroatoms. The van der Waals surface area contributed by atoms with E-state index in [1.165, 1.54) is 43.4 Å². The first-order valence-electron chi connectivity index (χ1n) is 11.8. The third-order valence-electron chi connectivity index (χ3n) is 5.55. The average Bonchev–Trinajstić information content (AvgIpc) is 3.31. The number of rotatable bonds is 10. The number of thioether (sulfide) groups is 1. The van der Waals surface area contributed by atoms with Gasteiger partial charge in [-0.3, -0.25) is 14.4 Å². The van der Waals surface area contributed by atoms with E-state index in [0.717, 1.165) is 0 Å². The van der Waals surface area contributed by atoms with E-state index in [0.29, 0.717) is 33.5 Å². The second-order valence-corrected chi connectivity index (χ2v) is 10.6. The topological polar surface area (TPSA) is 139 Å². The maximum atomic E-state index is 12.2. The van der Waals surface area contributed by atoms with Gasteiger partial charge in [-0.05, 0) is 24.6 Å². The van der Waals surface area contributed by atoms with Crippen LogP contribution in [0.3, 0.4) is 0 Å². The summed E-state index contributed by atoms with van der Waals surface area (Å²) < 4.78 is 24.1. The number of halogens is 2. The van der Waals surface area contributed by atoms with Crippen LogP contribution >= 0.6 is 35.0 Å². The molecule has 1 aliphatic rings. The van der Waals surface area contributed by atoms with E-state index in [-0.39, 0.29) is 6.61 Å². The standard InChI is InChI=1S/C24H29Cl2N3O8S/c1-5-6-19(33)18-10-29(28-27-18)21-22(35-13(3)31)20(11-34-12(2)30)37-24(23(21)36-14(4)32)38-15-7-8-16(25)17(26)9-15/h7-10,19-24,33H,5-6,11H2,1-4H3/t19?,20?,21-,22-,23?,24+/m0/s1. The van der Waals surface area contributed by atoms with E-state index in [1.54, 1.807) is 18.2 Å². The average molecular weight is 590 g/mol. The summed E-state index contributed by atoms with van der Waals surface area (Å²) in [5.41, 5.74) is -0.589. The maximum absolute atomic E-state index is 12.2. The maximum Gasteiger partial charge on any atom is 0.303 e. The highest BCUT2D eigenvalue weighted by molar-refractivity contribution is 7.99. The van der Waals surface area contributed by atoms with Crippen LogP contribution in [0.25, 0.3) is 0 Å². The van der Waals surface area contributed by atoms with Crippen molar-refractivity contribution in [3.05, 3.63) is 40.1 Å². The van der Waals surface area contributed by atoms with Crippen molar-refractivity contribution in [3.63, 3.8) is 0 Å². The molecule has 0 amide bonds. The van der Waals surface area contributed by atoms with Gasteiger partial charge in [-0.1, -0.05) is 53.5 Å². The van der Waals surface area contributed by atoms with Crippen LogP contribution in [-0.2, 0) is 33.3 Å². The summed E-state index contributed by atoms with van der Waals surface area (Å²) >= 11 is 13.4. The Morgan fingerprint density at radius 1 is 1.11 bits per heavy atom. The predicted octanol–water partition coefficient (Wildman–Crippen LogP) is 3.90. The van der Waals surface area contributed by atoms with E-state index in [1.807, 2.05) is 6.92 Å². The fourth-order valence-corrected chi connectivity index (χ4v) is 5.49. The second kappa shape index (κ2) is 13.6. The molecule has 11 nitrogen and oxygen atoms in total. The third kappa shape index (κ3) is 7.82. The minimum Gasteiger partial charge on any atom is -0.463 e. The molecular weight excluding hydrogens is 561 g/mol. The monoisotopic (exact) mass is 589 g/mol. The normalized spacial score (nSPS) is 23.9. The molecule has 0 radical (unpaired) electrons. The van der Waals surface area contributed by atoms with Crippen molar-refractivity contribution in [1.82, 2.24) is 15.0 Å². The number of ether oxygens (including phenoxy) is 4. The molecule has 0 bridgehead atoms. The number of aromatic nitrogens is 3. The van der Waals surface area contributed by atoms with Gasteiger partial charge in [0, 0.05) is 25.7 Å². The molecule has 1 fully saturated rings. The number of carbonyl (C=O) groups is 3. The quantitative estimate of drug-likeness (QED) is 0.318. The molecule has 1 N–H and O–H groups in total. The number of hydrogen-bond donors (Lipinski definition) is 1. The molecule has 0 saturated carbocycles. The predicted molar refractivity (Wildman–Crippen MR) is 138 cm³/mol. The van der Waals surface area contributed by atoms with Gasteiger partial charge in [0.25, 0.3) is 0 Å². The Morgan fingerprint density at radius 3 is 2.39 bits per heavy atom. The molecule has 208 valence electrons. The lowest BCUT2D eigenvalue weighted by Gasteiger charge is -2.44. The number of aliphatic hydroxyl groups excluding tert-OH is 1. The van der Waals surface area contributed by atoms with E-state index in [2.05, 4.69) is 10.3 Å². The Hall–Kier alpha value is -2.38.